The minimum Gasteiger partial charge on any atom is -0.356 e. The highest BCUT2D eigenvalue weighted by atomic mass is 15.2. The standard InChI is InChI=1S/C14H24N4/c1-4-13-16-10(2)8-14(17-13)18-7-5-6-12(9-18)11(3)15/h8,11-12H,4-7,9,15H2,1-3H3. The average molecular weight is 248 g/mol. The summed E-state index contributed by atoms with van der Waals surface area (Å²) < 4.78 is 0. The van der Waals surface area contributed by atoms with Crippen LogP contribution >= 0.6 is 0 Å². The Morgan fingerprint density at radius 3 is 2.94 bits per heavy atom. The van der Waals surface area contributed by atoms with Crippen LogP contribution in [-0.4, -0.2) is 29.1 Å². The molecule has 2 atom stereocenters. The van der Waals surface area contributed by atoms with Gasteiger partial charge in [-0.25, -0.2) is 9.97 Å². The fourth-order valence-electron chi connectivity index (χ4n) is 2.58. The summed E-state index contributed by atoms with van der Waals surface area (Å²) in [6, 6.07) is 2.35. The lowest BCUT2D eigenvalue weighted by Gasteiger charge is -2.35. The molecule has 2 rings (SSSR count). The minimum atomic E-state index is 0.265. The van der Waals surface area contributed by atoms with Gasteiger partial charge >= 0.3 is 0 Å². The van der Waals surface area contributed by atoms with Crippen molar-refractivity contribution in [2.24, 2.45) is 11.7 Å². The summed E-state index contributed by atoms with van der Waals surface area (Å²) in [5, 5.41) is 0. The van der Waals surface area contributed by atoms with Crippen LogP contribution in [0.3, 0.4) is 0 Å². The van der Waals surface area contributed by atoms with Crippen molar-refractivity contribution in [2.75, 3.05) is 18.0 Å². The Kier molecular flexibility index (Phi) is 4.17. The number of rotatable bonds is 3. The first kappa shape index (κ1) is 13.3. The number of nitrogens with two attached hydrogens (primary N) is 1. The van der Waals surface area contributed by atoms with E-state index in [0.29, 0.717) is 5.92 Å². The van der Waals surface area contributed by atoms with Gasteiger partial charge in [0.1, 0.15) is 11.6 Å². The van der Waals surface area contributed by atoms with Crippen molar-refractivity contribution >= 4 is 5.82 Å². The number of aryl methyl sites for hydroxylation is 2. The van der Waals surface area contributed by atoms with Crippen LogP contribution in [0.5, 0.6) is 0 Å². The van der Waals surface area contributed by atoms with Crippen LogP contribution in [0.4, 0.5) is 5.82 Å². The van der Waals surface area contributed by atoms with E-state index in [1.807, 2.05) is 6.92 Å². The van der Waals surface area contributed by atoms with Gasteiger partial charge < -0.3 is 10.6 Å². The maximum Gasteiger partial charge on any atom is 0.132 e. The van der Waals surface area contributed by atoms with Crippen molar-refractivity contribution in [3.05, 3.63) is 17.6 Å². The summed E-state index contributed by atoms with van der Waals surface area (Å²) in [5.74, 6) is 2.59. The highest BCUT2D eigenvalue weighted by Gasteiger charge is 2.23. The number of hydrogen-bond donors (Lipinski definition) is 1. The van der Waals surface area contributed by atoms with Gasteiger partial charge in [-0.05, 0) is 32.6 Å². The summed E-state index contributed by atoms with van der Waals surface area (Å²) >= 11 is 0. The molecule has 4 heteroatoms. The van der Waals surface area contributed by atoms with E-state index in [9.17, 15) is 0 Å². The number of aromatic nitrogens is 2. The van der Waals surface area contributed by atoms with Crippen LogP contribution in [0.1, 0.15) is 38.2 Å². The lowest BCUT2D eigenvalue weighted by Crippen LogP contribution is -2.42. The Morgan fingerprint density at radius 1 is 1.50 bits per heavy atom. The molecule has 0 aromatic carbocycles. The van der Waals surface area contributed by atoms with E-state index >= 15 is 0 Å². The molecule has 0 radical (unpaired) electrons. The predicted molar refractivity (Wildman–Crippen MR) is 74.7 cm³/mol. The Morgan fingerprint density at radius 2 is 2.28 bits per heavy atom. The van der Waals surface area contributed by atoms with Gasteiger partial charge in [0.25, 0.3) is 0 Å². The molecule has 0 bridgehead atoms. The monoisotopic (exact) mass is 248 g/mol. The SMILES string of the molecule is CCc1nc(C)cc(N2CCCC(C(C)N)C2)n1. The van der Waals surface area contributed by atoms with Crippen LogP contribution in [0.15, 0.2) is 6.07 Å². The normalized spacial score (nSPS) is 22.0. The molecule has 100 valence electrons. The summed E-state index contributed by atoms with van der Waals surface area (Å²) in [6.07, 6.45) is 3.33. The number of piperidine rings is 1. The number of anilines is 1. The molecule has 0 aliphatic carbocycles. The lowest BCUT2D eigenvalue weighted by molar-refractivity contribution is 0.363. The van der Waals surface area contributed by atoms with E-state index in [0.717, 1.165) is 36.8 Å². The van der Waals surface area contributed by atoms with E-state index in [2.05, 4.69) is 34.8 Å². The first-order valence-corrected chi connectivity index (χ1v) is 6.95. The summed E-state index contributed by atoms with van der Waals surface area (Å²) in [6.45, 7) is 8.35. The molecule has 1 saturated heterocycles. The van der Waals surface area contributed by atoms with Crippen molar-refractivity contribution in [3.63, 3.8) is 0 Å². The summed E-state index contributed by atoms with van der Waals surface area (Å²) in [5.41, 5.74) is 7.09. The molecule has 1 aromatic rings. The number of nitrogens with zero attached hydrogens (tertiary/aromatic N) is 3. The first-order valence-electron chi connectivity index (χ1n) is 6.95. The van der Waals surface area contributed by atoms with Crippen molar-refractivity contribution in [3.8, 4) is 0 Å². The van der Waals surface area contributed by atoms with Gasteiger partial charge in [-0.2, -0.15) is 0 Å². The third-order valence-electron chi connectivity index (χ3n) is 3.73. The molecule has 0 saturated carbocycles. The van der Waals surface area contributed by atoms with Crippen molar-refractivity contribution in [1.29, 1.82) is 0 Å². The zero-order valence-electron chi connectivity index (χ0n) is 11.7. The van der Waals surface area contributed by atoms with E-state index in [4.69, 9.17) is 5.73 Å². The van der Waals surface area contributed by atoms with E-state index < -0.39 is 0 Å². The van der Waals surface area contributed by atoms with E-state index in [1.165, 1.54) is 12.8 Å². The average Bonchev–Trinajstić information content (AvgIpc) is 2.38. The predicted octanol–water partition coefficient (Wildman–Crippen LogP) is 1.91. The number of hydrogen-bond acceptors (Lipinski definition) is 4. The molecular weight excluding hydrogens is 224 g/mol. The summed E-state index contributed by atoms with van der Waals surface area (Å²) in [4.78, 5) is 11.4. The molecule has 0 spiro atoms. The third-order valence-corrected chi connectivity index (χ3v) is 3.73. The molecule has 1 aromatic heterocycles. The molecule has 4 nitrogen and oxygen atoms in total. The third kappa shape index (κ3) is 2.99. The van der Waals surface area contributed by atoms with Gasteiger partial charge in [-0.1, -0.05) is 6.92 Å². The Hall–Kier alpha value is -1.16. The van der Waals surface area contributed by atoms with Crippen molar-refractivity contribution in [1.82, 2.24) is 9.97 Å². The Bertz CT molecular complexity index is 403. The first-order chi connectivity index (χ1) is 8.60. The topological polar surface area (TPSA) is 55.0 Å². The zero-order chi connectivity index (χ0) is 13.1. The smallest absolute Gasteiger partial charge is 0.132 e. The van der Waals surface area contributed by atoms with Gasteiger partial charge in [0.15, 0.2) is 0 Å². The van der Waals surface area contributed by atoms with Gasteiger partial charge in [0.05, 0.1) is 0 Å². The largest absolute Gasteiger partial charge is 0.356 e. The molecule has 18 heavy (non-hydrogen) atoms. The van der Waals surface area contributed by atoms with Crippen LogP contribution in [-0.2, 0) is 6.42 Å². The van der Waals surface area contributed by atoms with Gasteiger partial charge in [0, 0.05) is 37.3 Å². The van der Waals surface area contributed by atoms with Crippen molar-refractivity contribution in [2.45, 2.75) is 46.1 Å². The second kappa shape index (κ2) is 5.65. The maximum atomic E-state index is 6.03. The van der Waals surface area contributed by atoms with Crippen LogP contribution in [0.2, 0.25) is 0 Å². The molecule has 2 N–H and O–H groups in total. The second-order valence-electron chi connectivity index (χ2n) is 5.34. The molecule has 2 heterocycles. The minimum absolute atomic E-state index is 0.265. The van der Waals surface area contributed by atoms with Crippen LogP contribution in [0, 0.1) is 12.8 Å². The van der Waals surface area contributed by atoms with Crippen LogP contribution in [0.25, 0.3) is 0 Å². The summed E-state index contributed by atoms with van der Waals surface area (Å²) in [7, 11) is 0. The fraction of sp³-hybridized carbons (Fsp3) is 0.714. The van der Waals surface area contributed by atoms with Crippen LogP contribution < -0.4 is 10.6 Å². The molecular formula is C14H24N4. The molecule has 1 aliphatic rings. The quantitative estimate of drug-likeness (QED) is 0.888. The molecule has 1 aliphatic heterocycles. The van der Waals surface area contributed by atoms with Crippen molar-refractivity contribution < 1.29 is 0 Å². The lowest BCUT2D eigenvalue weighted by atomic mass is 9.92. The van der Waals surface area contributed by atoms with Gasteiger partial charge in [-0.3, -0.25) is 0 Å². The second-order valence-corrected chi connectivity index (χ2v) is 5.34. The van der Waals surface area contributed by atoms with Gasteiger partial charge in [0.2, 0.25) is 0 Å². The maximum absolute atomic E-state index is 6.03. The zero-order valence-corrected chi connectivity index (χ0v) is 11.7. The van der Waals surface area contributed by atoms with Gasteiger partial charge in [-0.15, -0.1) is 0 Å². The van der Waals surface area contributed by atoms with E-state index in [1.54, 1.807) is 0 Å². The highest BCUT2D eigenvalue weighted by Crippen LogP contribution is 2.23. The molecule has 1 fully saturated rings. The fourth-order valence-corrected chi connectivity index (χ4v) is 2.58. The van der Waals surface area contributed by atoms with E-state index in [-0.39, 0.29) is 6.04 Å². The Balaban J connectivity index is 2.17. The molecule has 0 amide bonds. The Labute approximate surface area is 110 Å². The molecule has 2 unspecified atom stereocenters. The highest BCUT2D eigenvalue weighted by molar-refractivity contribution is 5.40.